The first-order chi connectivity index (χ1) is 8.96. The molecule has 1 aliphatic carbocycles. The lowest BCUT2D eigenvalue weighted by Crippen LogP contribution is -2.40. The predicted octanol–water partition coefficient (Wildman–Crippen LogP) is 2.64. The molecule has 1 N–H and O–H groups in total. The Morgan fingerprint density at radius 2 is 2.11 bits per heavy atom. The molecule has 0 aromatic carbocycles. The third kappa shape index (κ3) is 3.13. The van der Waals surface area contributed by atoms with Crippen LogP contribution in [0.4, 0.5) is 0 Å². The molecule has 1 aromatic rings. The average Bonchev–Trinajstić information content (AvgIpc) is 2.97. The van der Waals surface area contributed by atoms with Gasteiger partial charge in [-0.15, -0.1) is 11.3 Å². The molecule has 19 heavy (non-hydrogen) atoms. The van der Waals surface area contributed by atoms with E-state index in [-0.39, 0.29) is 23.4 Å². The van der Waals surface area contributed by atoms with Gasteiger partial charge in [-0.25, -0.2) is 8.42 Å². The van der Waals surface area contributed by atoms with Crippen LogP contribution in [0.3, 0.4) is 0 Å². The zero-order valence-electron chi connectivity index (χ0n) is 10.8. The van der Waals surface area contributed by atoms with Crippen molar-refractivity contribution in [2.24, 2.45) is 0 Å². The van der Waals surface area contributed by atoms with Crippen LogP contribution in [0.25, 0.3) is 0 Å². The third-order valence-corrected chi connectivity index (χ3v) is 7.41. The van der Waals surface area contributed by atoms with Crippen molar-refractivity contribution >= 4 is 33.0 Å². The van der Waals surface area contributed by atoms with E-state index in [1.54, 1.807) is 13.0 Å². The molecule has 0 unspecified atom stereocenters. The van der Waals surface area contributed by atoms with E-state index in [1.807, 2.05) is 0 Å². The minimum atomic E-state index is -3.54. The van der Waals surface area contributed by atoms with Crippen LogP contribution < -0.4 is 0 Å². The molecule has 1 aliphatic rings. The fourth-order valence-electron chi connectivity index (χ4n) is 2.46. The molecule has 2 rings (SSSR count). The summed E-state index contributed by atoms with van der Waals surface area (Å²) in [6.45, 7) is 1.79. The molecule has 1 fully saturated rings. The summed E-state index contributed by atoms with van der Waals surface area (Å²) in [4.78, 5) is 0. The topological polar surface area (TPSA) is 57.6 Å². The summed E-state index contributed by atoms with van der Waals surface area (Å²) in [5, 5.41) is 9.14. The fraction of sp³-hybridized carbons (Fsp3) is 0.667. The van der Waals surface area contributed by atoms with Gasteiger partial charge in [0.1, 0.15) is 4.21 Å². The van der Waals surface area contributed by atoms with Crippen molar-refractivity contribution in [3.05, 3.63) is 16.0 Å². The summed E-state index contributed by atoms with van der Waals surface area (Å²) in [6.07, 6.45) is 3.84. The molecule has 7 heteroatoms. The Labute approximate surface area is 123 Å². The molecule has 0 saturated heterocycles. The highest BCUT2D eigenvalue weighted by Gasteiger charge is 2.34. The largest absolute Gasteiger partial charge is 0.395 e. The standard InChI is InChI=1S/C12H18ClNO3S2/c1-9-8-11(18-12(9)13)19(16,17)14(6-7-15)10-4-2-3-5-10/h8,10,15H,2-7H2,1H3. The van der Waals surface area contributed by atoms with E-state index in [9.17, 15) is 8.42 Å². The van der Waals surface area contributed by atoms with E-state index >= 15 is 0 Å². The normalized spacial score (nSPS) is 17.5. The molecule has 0 bridgehead atoms. The molecule has 1 aromatic heterocycles. The van der Waals surface area contributed by atoms with Gasteiger partial charge in [-0.1, -0.05) is 24.4 Å². The summed E-state index contributed by atoms with van der Waals surface area (Å²) in [7, 11) is -3.54. The maximum Gasteiger partial charge on any atom is 0.252 e. The highest BCUT2D eigenvalue weighted by Crippen LogP contribution is 2.34. The van der Waals surface area contributed by atoms with Gasteiger partial charge in [0.05, 0.1) is 10.9 Å². The number of aliphatic hydroxyl groups excluding tert-OH is 1. The fourth-order valence-corrected chi connectivity index (χ4v) is 5.98. The van der Waals surface area contributed by atoms with E-state index in [0.717, 1.165) is 42.6 Å². The minimum absolute atomic E-state index is 0.0123. The van der Waals surface area contributed by atoms with Gasteiger partial charge < -0.3 is 5.11 Å². The summed E-state index contributed by atoms with van der Waals surface area (Å²) in [6, 6.07) is 1.63. The van der Waals surface area contributed by atoms with E-state index in [4.69, 9.17) is 16.7 Å². The zero-order chi connectivity index (χ0) is 14.0. The smallest absolute Gasteiger partial charge is 0.252 e. The quantitative estimate of drug-likeness (QED) is 0.906. The van der Waals surface area contributed by atoms with Gasteiger partial charge in [0.25, 0.3) is 10.0 Å². The lowest BCUT2D eigenvalue weighted by atomic mass is 10.2. The molecule has 0 spiro atoms. The van der Waals surface area contributed by atoms with Crippen molar-refractivity contribution in [3.63, 3.8) is 0 Å². The van der Waals surface area contributed by atoms with Crippen LogP contribution in [-0.2, 0) is 10.0 Å². The molecule has 0 aliphatic heterocycles. The summed E-state index contributed by atoms with van der Waals surface area (Å²) in [5.74, 6) is 0. The Bertz CT molecular complexity index is 516. The van der Waals surface area contributed by atoms with Crippen molar-refractivity contribution in [3.8, 4) is 0 Å². The Hall–Kier alpha value is -0.140. The maximum atomic E-state index is 12.6. The Kier molecular flexibility index (Phi) is 4.89. The highest BCUT2D eigenvalue weighted by atomic mass is 35.5. The molecular weight excluding hydrogens is 306 g/mol. The van der Waals surface area contributed by atoms with Crippen LogP contribution >= 0.6 is 22.9 Å². The van der Waals surface area contributed by atoms with Gasteiger partial charge in [-0.2, -0.15) is 4.31 Å². The Morgan fingerprint density at radius 3 is 2.58 bits per heavy atom. The van der Waals surface area contributed by atoms with Gasteiger partial charge in [-0.05, 0) is 31.4 Å². The number of hydrogen-bond acceptors (Lipinski definition) is 4. The van der Waals surface area contributed by atoms with Crippen molar-refractivity contribution in [2.45, 2.75) is 42.9 Å². The molecule has 0 atom stereocenters. The number of halogens is 1. The second-order valence-corrected chi connectivity index (χ2v) is 8.57. The van der Waals surface area contributed by atoms with Crippen LogP contribution in [0, 0.1) is 6.92 Å². The van der Waals surface area contributed by atoms with Gasteiger partial charge >= 0.3 is 0 Å². The Morgan fingerprint density at radius 1 is 1.47 bits per heavy atom. The lowest BCUT2D eigenvalue weighted by Gasteiger charge is -2.26. The van der Waals surface area contributed by atoms with Crippen molar-refractivity contribution < 1.29 is 13.5 Å². The van der Waals surface area contributed by atoms with Gasteiger partial charge in [0, 0.05) is 12.6 Å². The number of sulfonamides is 1. The van der Waals surface area contributed by atoms with Crippen LogP contribution in [0.1, 0.15) is 31.2 Å². The van der Waals surface area contributed by atoms with E-state index in [2.05, 4.69) is 0 Å². The highest BCUT2D eigenvalue weighted by molar-refractivity contribution is 7.91. The second kappa shape index (κ2) is 6.10. The lowest BCUT2D eigenvalue weighted by molar-refractivity contribution is 0.226. The average molecular weight is 324 g/mol. The van der Waals surface area contributed by atoms with Crippen LogP contribution in [-0.4, -0.2) is 37.0 Å². The van der Waals surface area contributed by atoms with Crippen molar-refractivity contribution in [2.75, 3.05) is 13.2 Å². The number of hydrogen-bond donors (Lipinski definition) is 1. The first kappa shape index (κ1) is 15.3. The van der Waals surface area contributed by atoms with Crippen molar-refractivity contribution in [1.82, 2.24) is 4.31 Å². The summed E-state index contributed by atoms with van der Waals surface area (Å²) < 4.78 is 27.5. The SMILES string of the molecule is Cc1cc(S(=O)(=O)N(CCO)C2CCCC2)sc1Cl. The van der Waals surface area contributed by atoms with E-state index in [0.29, 0.717) is 4.34 Å². The predicted molar refractivity (Wildman–Crippen MR) is 77.3 cm³/mol. The first-order valence-electron chi connectivity index (χ1n) is 6.35. The number of rotatable bonds is 5. The number of thiophene rings is 1. The minimum Gasteiger partial charge on any atom is -0.395 e. The summed E-state index contributed by atoms with van der Waals surface area (Å²) >= 11 is 7.05. The molecule has 108 valence electrons. The third-order valence-electron chi connectivity index (χ3n) is 3.45. The molecule has 0 amide bonds. The summed E-state index contributed by atoms with van der Waals surface area (Å²) in [5.41, 5.74) is 0.778. The second-order valence-electron chi connectivity index (χ2n) is 4.80. The molecular formula is C12H18ClNO3S2. The molecule has 1 heterocycles. The van der Waals surface area contributed by atoms with Gasteiger partial charge in [0.15, 0.2) is 0 Å². The number of aliphatic hydroxyl groups is 1. The van der Waals surface area contributed by atoms with E-state index < -0.39 is 10.0 Å². The van der Waals surface area contributed by atoms with Crippen molar-refractivity contribution in [1.29, 1.82) is 0 Å². The molecule has 1 saturated carbocycles. The Balaban J connectivity index is 2.33. The van der Waals surface area contributed by atoms with Gasteiger partial charge in [-0.3, -0.25) is 0 Å². The first-order valence-corrected chi connectivity index (χ1v) is 8.99. The van der Waals surface area contributed by atoms with Crippen LogP contribution in [0.15, 0.2) is 10.3 Å². The number of aryl methyl sites for hydroxylation is 1. The molecule has 0 radical (unpaired) electrons. The number of nitrogens with zero attached hydrogens (tertiary/aromatic N) is 1. The molecule has 4 nitrogen and oxygen atoms in total. The van der Waals surface area contributed by atoms with Gasteiger partial charge in [0.2, 0.25) is 0 Å². The van der Waals surface area contributed by atoms with Crippen LogP contribution in [0.2, 0.25) is 4.34 Å². The zero-order valence-corrected chi connectivity index (χ0v) is 13.2. The monoisotopic (exact) mass is 323 g/mol. The van der Waals surface area contributed by atoms with Crippen LogP contribution in [0.5, 0.6) is 0 Å². The van der Waals surface area contributed by atoms with E-state index in [1.165, 1.54) is 4.31 Å². The maximum absolute atomic E-state index is 12.6.